The summed E-state index contributed by atoms with van der Waals surface area (Å²) in [5.74, 6) is -0.781. The summed E-state index contributed by atoms with van der Waals surface area (Å²) in [6, 6.07) is 9.79. The number of pyridine rings is 1. The van der Waals surface area contributed by atoms with E-state index in [1.54, 1.807) is 18.3 Å². The lowest BCUT2D eigenvalue weighted by molar-refractivity contribution is 0.0697. The molecule has 0 aliphatic heterocycles. The van der Waals surface area contributed by atoms with E-state index in [1.807, 2.05) is 32.9 Å². The minimum absolute atomic E-state index is 0.185. The van der Waals surface area contributed by atoms with Gasteiger partial charge in [0.15, 0.2) is 0 Å². The van der Waals surface area contributed by atoms with Crippen LogP contribution < -0.4 is 10.6 Å². The van der Waals surface area contributed by atoms with Crippen molar-refractivity contribution in [2.24, 2.45) is 5.92 Å². The summed E-state index contributed by atoms with van der Waals surface area (Å²) in [7, 11) is 0. The summed E-state index contributed by atoms with van der Waals surface area (Å²) in [6.45, 7) is 6.35. The highest BCUT2D eigenvalue weighted by Gasteiger charge is 2.21. The van der Waals surface area contributed by atoms with E-state index in [0.29, 0.717) is 6.54 Å². The van der Waals surface area contributed by atoms with Gasteiger partial charge in [-0.15, -0.1) is 0 Å². The first-order valence-electron chi connectivity index (χ1n) is 8.16. The van der Waals surface area contributed by atoms with Crippen molar-refractivity contribution in [3.05, 3.63) is 65.0 Å². The number of benzene rings is 1. The molecule has 0 fully saturated rings. The Morgan fingerprint density at radius 2 is 1.84 bits per heavy atom. The van der Waals surface area contributed by atoms with Gasteiger partial charge >= 0.3 is 12.0 Å². The maximum Gasteiger partial charge on any atom is 0.335 e. The van der Waals surface area contributed by atoms with Crippen LogP contribution in [-0.4, -0.2) is 22.1 Å². The molecule has 0 aliphatic carbocycles. The highest BCUT2D eigenvalue weighted by molar-refractivity contribution is 5.87. The molecule has 1 unspecified atom stereocenters. The first-order chi connectivity index (χ1) is 11.9. The van der Waals surface area contributed by atoms with E-state index in [2.05, 4.69) is 15.6 Å². The number of hydrogen-bond donors (Lipinski definition) is 3. The van der Waals surface area contributed by atoms with Crippen molar-refractivity contribution < 1.29 is 14.7 Å². The van der Waals surface area contributed by atoms with Crippen LogP contribution in [0.3, 0.4) is 0 Å². The fourth-order valence-electron chi connectivity index (χ4n) is 2.51. The topological polar surface area (TPSA) is 91.3 Å². The predicted octanol–water partition coefficient (Wildman–Crippen LogP) is 3.28. The first-order valence-corrected chi connectivity index (χ1v) is 8.16. The van der Waals surface area contributed by atoms with Gasteiger partial charge in [0, 0.05) is 12.7 Å². The fraction of sp³-hybridized carbons (Fsp3) is 0.316. The SMILES string of the molecule is Cc1cccnc1C(NC(=O)NCc1ccc(C(=O)O)cc1)C(C)C. The Bertz CT molecular complexity index is 742. The Balaban J connectivity index is 1.98. The lowest BCUT2D eigenvalue weighted by Gasteiger charge is -2.23. The van der Waals surface area contributed by atoms with Gasteiger partial charge in [-0.1, -0.05) is 32.0 Å². The second kappa shape index (κ2) is 8.28. The third kappa shape index (κ3) is 5.04. The molecule has 0 aliphatic rings. The smallest absolute Gasteiger partial charge is 0.335 e. The molecule has 2 amide bonds. The quantitative estimate of drug-likeness (QED) is 0.752. The Labute approximate surface area is 147 Å². The number of nitrogens with zero attached hydrogens (tertiary/aromatic N) is 1. The van der Waals surface area contributed by atoms with Crippen LogP contribution in [0.15, 0.2) is 42.6 Å². The zero-order valence-electron chi connectivity index (χ0n) is 14.6. The number of rotatable bonds is 6. The molecule has 0 saturated heterocycles. The molecule has 2 rings (SSSR count). The number of hydrogen-bond acceptors (Lipinski definition) is 3. The van der Waals surface area contributed by atoms with E-state index in [0.717, 1.165) is 16.8 Å². The van der Waals surface area contributed by atoms with Gasteiger partial charge in [0.1, 0.15) is 0 Å². The number of nitrogens with one attached hydrogen (secondary N) is 2. The number of carbonyl (C=O) groups excluding carboxylic acids is 1. The van der Waals surface area contributed by atoms with E-state index < -0.39 is 5.97 Å². The molecule has 0 saturated carbocycles. The Morgan fingerprint density at radius 3 is 2.40 bits per heavy atom. The second-order valence-corrected chi connectivity index (χ2v) is 6.26. The Hall–Kier alpha value is -2.89. The van der Waals surface area contributed by atoms with Gasteiger partial charge in [-0.3, -0.25) is 4.98 Å². The van der Waals surface area contributed by atoms with Crippen molar-refractivity contribution in [3.8, 4) is 0 Å². The molecule has 2 aromatic rings. The molecule has 0 spiro atoms. The number of aryl methyl sites for hydroxylation is 1. The molecule has 0 bridgehead atoms. The maximum absolute atomic E-state index is 12.2. The summed E-state index contributed by atoms with van der Waals surface area (Å²) >= 11 is 0. The van der Waals surface area contributed by atoms with Crippen molar-refractivity contribution in [2.75, 3.05) is 0 Å². The van der Waals surface area contributed by atoms with Gasteiger partial charge in [0.25, 0.3) is 0 Å². The minimum atomic E-state index is -0.970. The van der Waals surface area contributed by atoms with Crippen LogP contribution in [-0.2, 0) is 6.54 Å². The van der Waals surface area contributed by atoms with E-state index in [1.165, 1.54) is 12.1 Å². The number of amides is 2. The molecular formula is C19H23N3O3. The molecule has 25 heavy (non-hydrogen) atoms. The van der Waals surface area contributed by atoms with Gasteiger partial charge in [0.05, 0.1) is 17.3 Å². The van der Waals surface area contributed by atoms with Crippen molar-refractivity contribution in [2.45, 2.75) is 33.4 Å². The number of carbonyl (C=O) groups is 2. The van der Waals surface area contributed by atoms with E-state index in [4.69, 9.17) is 5.11 Å². The lowest BCUT2D eigenvalue weighted by atomic mass is 9.97. The Morgan fingerprint density at radius 1 is 1.16 bits per heavy atom. The van der Waals surface area contributed by atoms with Crippen LogP contribution in [0.2, 0.25) is 0 Å². The van der Waals surface area contributed by atoms with Gasteiger partial charge in [-0.05, 0) is 42.2 Å². The van der Waals surface area contributed by atoms with Gasteiger partial charge in [-0.2, -0.15) is 0 Å². The summed E-state index contributed by atoms with van der Waals surface area (Å²) in [5.41, 5.74) is 2.94. The first kappa shape index (κ1) is 18.4. The maximum atomic E-state index is 12.2. The van der Waals surface area contributed by atoms with Crippen LogP contribution >= 0.6 is 0 Å². The number of carboxylic acid groups (broad SMARTS) is 1. The number of aromatic nitrogens is 1. The van der Waals surface area contributed by atoms with Crippen LogP contribution in [0, 0.1) is 12.8 Å². The summed E-state index contributed by atoms with van der Waals surface area (Å²) in [6.07, 6.45) is 1.72. The monoisotopic (exact) mass is 341 g/mol. The molecule has 6 heteroatoms. The largest absolute Gasteiger partial charge is 0.478 e. The van der Waals surface area contributed by atoms with Gasteiger partial charge in [0.2, 0.25) is 0 Å². The average molecular weight is 341 g/mol. The molecule has 0 radical (unpaired) electrons. The predicted molar refractivity (Wildman–Crippen MR) is 95.3 cm³/mol. The molecule has 1 aromatic heterocycles. The zero-order valence-corrected chi connectivity index (χ0v) is 14.6. The molecule has 1 atom stereocenters. The fourth-order valence-corrected chi connectivity index (χ4v) is 2.51. The summed E-state index contributed by atoms with van der Waals surface area (Å²) in [4.78, 5) is 27.5. The van der Waals surface area contributed by atoms with Gasteiger partial charge in [-0.25, -0.2) is 9.59 Å². The van der Waals surface area contributed by atoms with Crippen molar-refractivity contribution in [1.82, 2.24) is 15.6 Å². The molecule has 3 N–H and O–H groups in total. The van der Waals surface area contributed by atoms with E-state index >= 15 is 0 Å². The average Bonchev–Trinajstić information content (AvgIpc) is 2.58. The summed E-state index contributed by atoms with van der Waals surface area (Å²) < 4.78 is 0. The van der Waals surface area contributed by atoms with Crippen molar-refractivity contribution >= 4 is 12.0 Å². The van der Waals surface area contributed by atoms with E-state index in [9.17, 15) is 9.59 Å². The second-order valence-electron chi connectivity index (χ2n) is 6.26. The lowest BCUT2D eigenvalue weighted by Crippen LogP contribution is -2.40. The van der Waals surface area contributed by atoms with Crippen LogP contribution in [0.1, 0.15) is 47.1 Å². The molecule has 132 valence electrons. The van der Waals surface area contributed by atoms with Crippen LogP contribution in [0.5, 0.6) is 0 Å². The standard InChI is InChI=1S/C19H23N3O3/c1-12(2)16(17-13(3)5-4-10-20-17)22-19(25)21-11-14-6-8-15(9-7-14)18(23)24/h4-10,12,16H,11H2,1-3H3,(H,23,24)(H2,21,22,25). The number of urea groups is 1. The molecular weight excluding hydrogens is 318 g/mol. The van der Waals surface area contributed by atoms with Gasteiger partial charge < -0.3 is 15.7 Å². The van der Waals surface area contributed by atoms with Crippen LogP contribution in [0.25, 0.3) is 0 Å². The summed E-state index contributed by atoms with van der Waals surface area (Å²) in [5, 5.41) is 14.7. The third-order valence-corrected chi connectivity index (χ3v) is 3.95. The minimum Gasteiger partial charge on any atom is -0.478 e. The van der Waals surface area contributed by atoms with Crippen LogP contribution in [0.4, 0.5) is 4.79 Å². The number of aromatic carboxylic acids is 1. The van der Waals surface area contributed by atoms with Crippen molar-refractivity contribution in [3.63, 3.8) is 0 Å². The highest BCUT2D eigenvalue weighted by atomic mass is 16.4. The third-order valence-electron chi connectivity index (χ3n) is 3.95. The Kier molecular flexibility index (Phi) is 6.11. The molecule has 1 aromatic carbocycles. The molecule has 6 nitrogen and oxygen atoms in total. The zero-order chi connectivity index (χ0) is 18.4. The number of carboxylic acids is 1. The molecule has 1 heterocycles. The normalized spacial score (nSPS) is 11.8. The van der Waals surface area contributed by atoms with E-state index in [-0.39, 0.29) is 23.6 Å². The van der Waals surface area contributed by atoms with Crippen molar-refractivity contribution in [1.29, 1.82) is 0 Å². The highest BCUT2D eigenvalue weighted by Crippen LogP contribution is 2.22.